The number of fused-ring (bicyclic) bond motifs is 1. The predicted octanol–water partition coefficient (Wildman–Crippen LogP) is 6.85. The van der Waals surface area contributed by atoms with Crippen molar-refractivity contribution in [1.82, 2.24) is 5.43 Å². The lowest BCUT2D eigenvalue weighted by molar-refractivity contribution is 0.307. The van der Waals surface area contributed by atoms with E-state index in [-0.39, 0.29) is 0 Å². The molecule has 4 aromatic carbocycles. The Kier molecular flexibility index (Phi) is 6.53. The fourth-order valence-electron chi connectivity index (χ4n) is 3.21. The molecule has 150 valence electrons. The van der Waals surface area contributed by atoms with Gasteiger partial charge in [0, 0.05) is 15.6 Å². The molecule has 0 aliphatic rings. The molecular weight excluding hydrogens is 415 g/mol. The highest BCUT2D eigenvalue weighted by Gasteiger charge is 2.04. The van der Waals surface area contributed by atoms with Crippen molar-refractivity contribution in [3.63, 3.8) is 0 Å². The minimum absolute atomic E-state index is 0.451. The van der Waals surface area contributed by atoms with Gasteiger partial charge in [0.05, 0.1) is 12.8 Å². The smallest absolute Gasteiger partial charge is 0.120 e. The Morgan fingerprint density at radius 1 is 0.833 bits per heavy atom. The number of ether oxygens (including phenoxy) is 1. The van der Waals surface area contributed by atoms with Crippen LogP contribution in [0.3, 0.4) is 0 Å². The first-order valence-corrected chi connectivity index (χ1v) is 10.3. The molecule has 0 radical (unpaired) electrons. The number of nitrogens with zero attached hydrogens (tertiary/aromatic N) is 1. The second kappa shape index (κ2) is 9.66. The molecule has 0 spiro atoms. The topological polar surface area (TPSA) is 33.6 Å². The van der Waals surface area contributed by atoms with Gasteiger partial charge in [-0.2, -0.15) is 5.10 Å². The van der Waals surface area contributed by atoms with Gasteiger partial charge < -0.3 is 10.2 Å². The van der Waals surface area contributed by atoms with Crippen LogP contribution in [0.1, 0.15) is 16.7 Å². The van der Waals surface area contributed by atoms with Gasteiger partial charge in [0.2, 0.25) is 0 Å². The van der Waals surface area contributed by atoms with E-state index in [9.17, 15) is 0 Å². The molecule has 4 aromatic rings. The van der Waals surface area contributed by atoms with E-state index in [0.29, 0.717) is 23.2 Å². The van der Waals surface area contributed by atoms with E-state index >= 15 is 0 Å². The van der Waals surface area contributed by atoms with Crippen LogP contribution in [0.5, 0.6) is 5.75 Å². The first kappa shape index (κ1) is 20.3. The predicted molar refractivity (Wildman–Crippen MR) is 126 cm³/mol. The van der Waals surface area contributed by atoms with Gasteiger partial charge in [0.1, 0.15) is 12.4 Å². The lowest BCUT2D eigenvalue weighted by Crippen LogP contribution is -2.06. The van der Waals surface area contributed by atoms with Crippen molar-refractivity contribution in [2.45, 2.75) is 13.2 Å². The van der Waals surface area contributed by atoms with E-state index in [1.807, 2.05) is 54.6 Å². The highest BCUT2D eigenvalue weighted by Crippen LogP contribution is 2.24. The fourth-order valence-corrected chi connectivity index (χ4v) is 3.74. The zero-order chi connectivity index (χ0) is 20.8. The number of nitrogens with one attached hydrogen (secondary N) is 1. The fraction of sp³-hybridized carbons (Fsp3) is 0.0800. The number of hydrazone groups is 1. The van der Waals surface area contributed by atoms with Crippen molar-refractivity contribution in [1.29, 1.82) is 0 Å². The Balaban J connectivity index is 1.38. The van der Waals surface area contributed by atoms with Gasteiger partial charge in [0.15, 0.2) is 0 Å². The third-order valence-electron chi connectivity index (χ3n) is 4.75. The molecule has 1 N–H and O–H groups in total. The Hall–Kier alpha value is -3.01. The second-order valence-corrected chi connectivity index (χ2v) is 7.61. The highest BCUT2D eigenvalue weighted by molar-refractivity contribution is 6.35. The van der Waals surface area contributed by atoms with E-state index < -0.39 is 0 Å². The van der Waals surface area contributed by atoms with Crippen molar-refractivity contribution in [2.75, 3.05) is 0 Å². The summed E-state index contributed by atoms with van der Waals surface area (Å²) in [6.45, 7) is 0.956. The summed E-state index contributed by atoms with van der Waals surface area (Å²) < 4.78 is 6.03. The van der Waals surface area contributed by atoms with Gasteiger partial charge in [-0.3, -0.25) is 0 Å². The number of hydrogen-bond acceptors (Lipinski definition) is 3. The van der Waals surface area contributed by atoms with Crippen molar-refractivity contribution >= 4 is 40.2 Å². The molecular formula is C25H20Cl2N2O. The maximum absolute atomic E-state index is 6.18. The Morgan fingerprint density at radius 3 is 2.43 bits per heavy atom. The lowest BCUT2D eigenvalue weighted by atomic mass is 10.1. The summed E-state index contributed by atoms with van der Waals surface area (Å²) in [7, 11) is 0. The standard InChI is InChI=1S/C25H20Cl2N2O/c26-24-12-5-13-25(27)23(24)16-29-28-15-18-6-3-10-21(14-18)30-17-20-9-4-8-19-7-1-2-11-22(19)20/h1-15,29H,16-17H2/b28-15-. The van der Waals surface area contributed by atoms with Crippen LogP contribution in [0.2, 0.25) is 10.0 Å². The summed E-state index contributed by atoms with van der Waals surface area (Å²) in [6, 6.07) is 27.8. The molecule has 0 atom stereocenters. The summed E-state index contributed by atoms with van der Waals surface area (Å²) in [4.78, 5) is 0. The summed E-state index contributed by atoms with van der Waals surface area (Å²) in [5, 5.41) is 7.93. The van der Waals surface area contributed by atoms with Gasteiger partial charge in [-0.05, 0) is 46.2 Å². The molecule has 0 fully saturated rings. The SMILES string of the molecule is Clc1cccc(Cl)c1CN/N=C\c1cccc(OCc2cccc3ccccc23)c1. The zero-order valence-electron chi connectivity index (χ0n) is 16.2. The number of rotatable bonds is 7. The van der Waals surface area contributed by atoms with Gasteiger partial charge >= 0.3 is 0 Å². The lowest BCUT2D eigenvalue weighted by Gasteiger charge is -2.09. The molecule has 0 saturated carbocycles. The molecule has 0 heterocycles. The van der Waals surface area contributed by atoms with E-state index in [1.165, 1.54) is 10.8 Å². The molecule has 3 nitrogen and oxygen atoms in total. The molecule has 0 saturated heterocycles. The van der Waals surface area contributed by atoms with Crippen LogP contribution in [0, 0.1) is 0 Å². The summed E-state index contributed by atoms with van der Waals surface area (Å²) in [6.07, 6.45) is 1.75. The summed E-state index contributed by atoms with van der Waals surface area (Å²) >= 11 is 12.4. The average molecular weight is 435 g/mol. The van der Waals surface area contributed by atoms with Crippen LogP contribution in [0.25, 0.3) is 10.8 Å². The maximum Gasteiger partial charge on any atom is 0.120 e. The van der Waals surface area contributed by atoms with E-state index in [4.69, 9.17) is 27.9 Å². The minimum Gasteiger partial charge on any atom is -0.489 e. The highest BCUT2D eigenvalue weighted by atomic mass is 35.5. The molecule has 5 heteroatoms. The molecule has 0 unspecified atom stereocenters. The number of benzene rings is 4. The molecule has 30 heavy (non-hydrogen) atoms. The monoisotopic (exact) mass is 434 g/mol. The van der Waals surface area contributed by atoms with Crippen molar-refractivity contribution < 1.29 is 4.74 Å². The van der Waals surface area contributed by atoms with E-state index in [1.54, 1.807) is 6.21 Å². The van der Waals surface area contributed by atoms with Crippen LogP contribution in [-0.2, 0) is 13.2 Å². The first-order chi connectivity index (χ1) is 14.7. The van der Waals surface area contributed by atoms with Crippen molar-refractivity contribution in [3.05, 3.63) is 112 Å². The second-order valence-electron chi connectivity index (χ2n) is 6.79. The molecule has 0 aliphatic heterocycles. The van der Waals surface area contributed by atoms with Crippen LogP contribution in [0.15, 0.2) is 90.0 Å². The van der Waals surface area contributed by atoms with Gasteiger partial charge in [-0.15, -0.1) is 0 Å². The average Bonchev–Trinajstić information content (AvgIpc) is 2.77. The quantitative estimate of drug-likeness (QED) is 0.254. The van der Waals surface area contributed by atoms with Crippen LogP contribution in [-0.4, -0.2) is 6.21 Å². The van der Waals surface area contributed by atoms with E-state index in [0.717, 1.165) is 22.4 Å². The summed E-state index contributed by atoms with van der Waals surface area (Å²) in [5.41, 5.74) is 5.90. The van der Waals surface area contributed by atoms with Gasteiger partial charge in [-0.1, -0.05) is 83.9 Å². The van der Waals surface area contributed by atoms with Crippen molar-refractivity contribution in [3.8, 4) is 5.75 Å². The Bertz CT molecular complexity index is 1170. The van der Waals surface area contributed by atoms with E-state index in [2.05, 4.69) is 40.9 Å². The molecule has 4 rings (SSSR count). The summed E-state index contributed by atoms with van der Waals surface area (Å²) in [5.74, 6) is 0.793. The van der Waals surface area contributed by atoms with Gasteiger partial charge in [-0.25, -0.2) is 0 Å². The first-order valence-electron chi connectivity index (χ1n) is 9.59. The number of halogens is 2. The Morgan fingerprint density at radius 2 is 1.57 bits per heavy atom. The number of hydrogen-bond donors (Lipinski definition) is 1. The largest absolute Gasteiger partial charge is 0.489 e. The molecule has 0 bridgehead atoms. The maximum atomic E-state index is 6.18. The third-order valence-corrected chi connectivity index (χ3v) is 5.46. The van der Waals surface area contributed by atoms with Crippen LogP contribution < -0.4 is 10.2 Å². The van der Waals surface area contributed by atoms with Crippen LogP contribution >= 0.6 is 23.2 Å². The molecule has 0 amide bonds. The third kappa shape index (κ3) is 4.93. The van der Waals surface area contributed by atoms with Gasteiger partial charge in [0.25, 0.3) is 0 Å². The minimum atomic E-state index is 0.451. The normalized spacial score (nSPS) is 11.1. The molecule has 0 aliphatic carbocycles. The van der Waals surface area contributed by atoms with Crippen molar-refractivity contribution in [2.24, 2.45) is 5.10 Å². The van der Waals surface area contributed by atoms with Crippen LogP contribution in [0.4, 0.5) is 0 Å². The zero-order valence-corrected chi connectivity index (χ0v) is 17.7. The molecule has 0 aromatic heterocycles. The Labute approximate surface area is 185 Å².